The highest BCUT2D eigenvalue weighted by Gasteiger charge is 2.65. The van der Waals surface area contributed by atoms with Gasteiger partial charge in [-0.05, 0) is 48.5 Å². The summed E-state index contributed by atoms with van der Waals surface area (Å²) in [5.41, 5.74) is 0.890. The molecule has 0 spiro atoms. The number of H-pyrrole nitrogens is 1. The zero-order valence-electron chi connectivity index (χ0n) is 14.9. The number of ether oxygens (including phenoxy) is 1. The summed E-state index contributed by atoms with van der Waals surface area (Å²) in [6.45, 7) is 0. The zero-order valence-corrected chi connectivity index (χ0v) is 15.7. The van der Waals surface area contributed by atoms with Gasteiger partial charge >= 0.3 is 10.2 Å². The van der Waals surface area contributed by atoms with Crippen LogP contribution in [-0.2, 0) is 0 Å². The van der Waals surface area contributed by atoms with E-state index < -0.39 is 15.1 Å². The monoisotopic (exact) mass is 441 g/mol. The van der Waals surface area contributed by atoms with Crippen LogP contribution in [0.15, 0.2) is 76.7 Å². The minimum atomic E-state index is -9.76. The van der Waals surface area contributed by atoms with Gasteiger partial charge in [-0.2, -0.15) is 0 Å². The Hall–Kier alpha value is -3.47. The first kappa shape index (κ1) is 19.8. The fourth-order valence-electron chi connectivity index (χ4n) is 2.75. The summed E-state index contributed by atoms with van der Waals surface area (Å²) in [5, 5.41) is 0.374. The van der Waals surface area contributed by atoms with Crippen LogP contribution in [0.3, 0.4) is 0 Å². The summed E-state index contributed by atoms with van der Waals surface area (Å²) < 4.78 is 69.8. The minimum absolute atomic E-state index is 0.00252. The minimum Gasteiger partial charge on any atom is -0.438 e. The van der Waals surface area contributed by atoms with Crippen molar-refractivity contribution in [3.8, 4) is 22.9 Å². The standard InChI is InChI=1S/C19H12F5N3O2S/c20-30(21,22,23,24)13-5-3-12(4-6-13)29-19-14(2-1-10-26-19)16-8-7-15-17(28)9-11-25-18(15)27-16/h1-11H,(H,25,27,28). The van der Waals surface area contributed by atoms with E-state index in [4.69, 9.17) is 4.74 Å². The number of hydrogen-bond donors (Lipinski definition) is 1. The lowest BCUT2D eigenvalue weighted by Gasteiger charge is -2.40. The first-order chi connectivity index (χ1) is 13.9. The maximum Gasteiger partial charge on any atom is 0.310 e. The van der Waals surface area contributed by atoms with Gasteiger partial charge in [0.2, 0.25) is 5.88 Å². The Kier molecular flexibility index (Phi) is 3.98. The van der Waals surface area contributed by atoms with Crippen LogP contribution in [-0.4, -0.2) is 15.0 Å². The van der Waals surface area contributed by atoms with Crippen LogP contribution in [0.4, 0.5) is 19.4 Å². The molecule has 1 aromatic carbocycles. The van der Waals surface area contributed by atoms with Crippen molar-refractivity contribution in [3.63, 3.8) is 0 Å². The lowest BCUT2D eigenvalue weighted by atomic mass is 10.1. The molecule has 0 aliphatic rings. The molecule has 3 heterocycles. The zero-order chi connectivity index (χ0) is 21.6. The van der Waals surface area contributed by atoms with Crippen molar-refractivity contribution < 1.29 is 24.2 Å². The predicted octanol–water partition coefficient (Wildman–Crippen LogP) is 6.43. The molecule has 0 atom stereocenters. The third-order valence-corrected chi connectivity index (χ3v) is 5.31. The van der Waals surface area contributed by atoms with E-state index in [1.165, 1.54) is 18.5 Å². The van der Waals surface area contributed by atoms with Crippen LogP contribution >= 0.6 is 10.2 Å². The fraction of sp³-hybridized carbons (Fsp3) is 0. The summed E-state index contributed by atoms with van der Waals surface area (Å²) in [5.74, 6) is -0.113. The average Bonchev–Trinajstić information content (AvgIpc) is 2.67. The summed E-state index contributed by atoms with van der Waals surface area (Å²) in [6.07, 6.45) is 2.84. The second-order valence-corrected chi connectivity index (χ2v) is 8.74. The molecule has 0 saturated heterocycles. The third kappa shape index (κ3) is 3.96. The van der Waals surface area contributed by atoms with Gasteiger partial charge in [0.25, 0.3) is 0 Å². The lowest BCUT2D eigenvalue weighted by molar-refractivity contribution is 0.363. The van der Waals surface area contributed by atoms with Gasteiger partial charge in [0, 0.05) is 18.5 Å². The summed E-state index contributed by atoms with van der Waals surface area (Å²) in [4.78, 5) is 21.1. The van der Waals surface area contributed by atoms with Crippen LogP contribution in [0.1, 0.15) is 0 Å². The average molecular weight is 441 g/mol. The van der Waals surface area contributed by atoms with Crippen LogP contribution in [0.2, 0.25) is 0 Å². The first-order valence-corrected chi connectivity index (χ1v) is 10.3. The molecular weight excluding hydrogens is 429 g/mol. The van der Waals surface area contributed by atoms with Crippen LogP contribution < -0.4 is 10.2 Å². The highest BCUT2D eigenvalue weighted by molar-refractivity contribution is 8.45. The first-order valence-electron chi connectivity index (χ1n) is 8.37. The summed E-state index contributed by atoms with van der Waals surface area (Å²) in [6, 6.07) is 9.80. The molecule has 156 valence electrons. The molecule has 0 saturated carbocycles. The molecule has 0 fully saturated rings. The number of pyridine rings is 3. The third-order valence-electron chi connectivity index (χ3n) is 4.15. The quantitative estimate of drug-likeness (QED) is 0.370. The number of fused-ring (bicyclic) bond motifs is 1. The van der Waals surface area contributed by atoms with Crippen LogP contribution in [0.5, 0.6) is 11.6 Å². The highest BCUT2D eigenvalue weighted by Crippen LogP contribution is 3.02. The fourth-order valence-corrected chi connectivity index (χ4v) is 3.40. The Morgan fingerprint density at radius 3 is 2.33 bits per heavy atom. The van der Waals surface area contributed by atoms with E-state index >= 15 is 0 Å². The summed E-state index contributed by atoms with van der Waals surface area (Å²) >= 11 is 0. The number of aromatic nitrogens is 3. The molecule has 0 aliphatic carbocycles. The Morgan fingerprint density at radius 1 is 0.900 bits per heavy atom. The van der Waals surface area contributed by atoms with Gasteiger partial charge in [0.1, 0.15) is 16.3 Å². The second kappa shape index (κ2) is 6.02. The van der Waals surface area contributed by atoms with Gasteiger partial charge < -0.3 is 9.72 Å². The number of nitrogens with zero attached hydrogens (tertiary/aromatic N) is 2. The molecule has 0 aliphatic heterocycles. The molecule has 30 heavy (non-hydrogen) atoms. The highest BCUT2D eigenvalue weighted by atomic mass is 32.5. The SMILES string of the molecule is O=c1cc[nH]c2nc(-c3cccnc3Oc3ccc(S(F)(F)(F)(F)F)cc3)ccc12. The lowest BCUT2D eigenvalue weighted by Crippen LogP contribution is -2.05. The van der Waals surface area contributed by atoms with Gasteiger partial charge in [-0.15, -0.1) is 0 Å². The Balaban J connectivity index is 1.71. The van der Waals surface area contributed by atoms with Crippen molar-refractivity contribution in [3.05, 3.63) is 77.2 Å². The van der Waals surface area contributed by atoms with Crippen molar-refractivity contribution in [1.82, 2.24) is 15.0 Å². The van der Waals surface area contributed by atoms with E-state index in [1.807, 2.05) is 0 Å². The van der Waals surface area contributed by atoms with Crippen LogP contribution in [0, 0.1) is 0 Å². The van der Waals surface area contributed by atoms with Crippen molar-refractivity contribution in [2.75, 3.05) is 0 Å². The van der Waals surface area contributed by atoms with E-state index in [1.54, 1.807) is 24.3 Å². The number of aromatic amines is 1. The molecule has 0 unspecified atom stereocenters. The van der Waals surface area contributed by atoms with Gasteiger partial charge in [-0.1, -0.05) is 19.4 Å². The smallest absolute Gasteiger partial charge is 0.310 e. The molecule has 11 heteroatoms. The molecule has 0 radical (unpaired) electrons. The van der Waals surface area contributed by atoms with E-state index in [0.29, 0.717) is 22.3 Å². The van der Waals surface area contributed by atoms with Gasteiger partial charge in [-0.3, -0.25) is 4.79 Å². The second-order valence-electron chi connectivity index (χ2n) is 6.33. The maximum absolute atomic E-state index is 12.9. The van der Waals surface area contributed by atoms with Gasteiger partial charge in [0.15, 0.2) is 5.43 Å². The van der Waals surface area contributed by atoms with E-state index in [-0.39, 0.29) is 29.2 Å². The molecular formula is C19H12F5N3O2S. The normalized spacial score (nSPS) is 14.2. The number of nitrogens with one attached hydrogen (secondary N) is 1. The van der Waals surface area contributed by atoms with Crippen molar-refractivity contribution in [1.29, 1.82) is 0 Å². The van der Waals surface area contributed by atoms with Gasteiger partial charge in [0.05, 0.1) is 16.6 Å². The Morgan fingerprint density at radius 2 is 1.63 bits per heavy atom. The van der Waals surface area contributed by atoms with Crippen LogP contribution in [0.25, 0.3) is 22.3 Å². The number of benzene rings is 1. The number of hydrogen-bond acceptors (Lipinski definition) is 4. The van der Waals surface area contributed by atoms with Gasteiger partial charge in [-0.25, -0.2) is 9.97 Å². The molecule has 5 nitrogen and oxygen atoms in total. The number of rotatable bonds is 4. The molecule has 3 aromatic heterocycles. The molecule has 4 aromatic rings. The van der Waals surface area contributed by atoms with E-state index in [9.17, 15) is 24.2 Å². The van der Waals surface area contributed by atoms with Crippen molar-refractivity contribution in [2.45, 2.75) is 4.90 Å². The van der Waals surface area contributed by atoms with Crippen molar-refractivity contribution >= 4 is 21.3 Å². The largest absolute Gasteiger partial charge is 0.438 e. The van der Waals surface area contributed by atoms with E-state index in [0.717, 1.165) is 12.1 Å². The number of halogens is 5. The molecule has 0 bridgehead atoms. The topological polar surface area (TPSA) is 67.9 Å². The molecule has 0 amide bonds. The van der Waals surface area contributed by atoms with E-state index in [2.05, 4.69) is 15.0 Å². The predicted molar refractivity (Wildman–Crippen MR) is 104 cm³/mol. The Bertz CT molecular complexity index is 1320. The van der Waals surface area contributed by atoms with Crippen molar-refractivity contribution in [2.24, 2.45) is 0 Å². The maximum atomic E-state index is 12.9. The summed E-state index contributed by atoms with van der Waals surface area (Å²) in [7, 11) is -9.76. The molecule has 4 rings (SSSR count). The Labute approximate surface area is 165 Å². The molecule has 1 N–H and O–H groups in total.